The minimum absolute atomic E-state index is 0.0207. The fraction of sp³-hybridized carbons (Fsp3) is 0.222. The number of carbonyl (C=O) groups excluding carboxylic acids is 1. The van der Waals surface area contributed by atoms with E-state index in [1.54, 1.807) is 0 Å². The quantitative estimate of drug-likeness (QED) is 0.679. The van der Waals surface area contributed by atoms with Crippen molar-refractivity contribution in [3.05, 3.63) is 35.6 Å². The van der Waals surface area contributed by atoms with Crippen LogP contribution in [0.2, 0.25) is 0 Å². The highest BCUT2D eigenvalue weighted by molar-refractivity contribution is 5.86. The second-order valence-electron chi connectivity index (χ2n) is 2.73. The van der Waals surface area contributed by atoms with Gasteiger partial charge in [0.05, 0.1) is 0 Å². The van der Waals surface area contributed by atoms with Crippen molar-refractivity contribution in [1.29, 1.82) is 0 Å². The molecule has 0 unspecified atom stereocenters. The molecular weight excluding hydrogens is 200 g/mol. The number of Topliss-reactive ketones (excluding diaryl/α,β-unsaturated/α-hetero) is 1. The summed E-state index contributed by atoms with van der Waals surface area (Å²) < 4.78 is 47.9. The predicted molar refractivity (Wildman–Crippen MR) is 41.2 cm³/mol. The van der Waals surface area contributed by atoms with Gasteiger partial charge in [-0.05, 0) is 17.7 Å². The molecular formula is C9H6F4O. The summed E-state index contributed by atoms with van der Waals surface area (Å²) in [6.07, 6.45) is -5.67. The third-order valence-corrected chi connectivity index (χ3v) is 1.57. The Morgan fingerprint density at radius 3 is 2.43 bits per heavy atom. The fourth-order valence-corrected chi connectivity index (χ4v) is 0.933. The molecule has 0 aliphatic rings. The monoisotopic (exact) mass is 206 g/mol. The largest absolute Gasteiger partial charge is 0.450 e. The summed E-state index contributed by atoms with van der Waals surface area (Å²) in [5.74, 6) is -2.53. The van der Waals surface area contributed by atoms with Gasteiger partial charge in [-0.25, -0.2) is 4.39 Å². The summed E-state index contributed by atoms with van der Waals surface area (Å²) in [5, 5.41) is 0. The maximum Gasteiger partial charge on any atom is 0.450 e. The van der Waals surface area contributed by atoms with Gasteiger partial charge in [0.15, 0.2) is 0 Å². The van der Waals surface area contributed by atoms with Gasteiger partial charge in [0.2, 0.25) is 5.78 Å². The molecule has 0 atom stereocenters. The lowest BCUT2D eigenvalue weighted by Gasteiger charge is -2.04. The van der Waals surface area contributed by atoms with E-state index in [1.165, 1.54) is 12.1 Å². The molecule has 0 bridgehead atoms. The second kappa shape index (κ2) is 3.77. The number of alkyl halides is 3. The van der Waals surface area contributed by atoms with Crippen molar-refractivity contribution >= 4 is 5.78 Å². The Kier molecular flexibility index (Phi) is 2.88. The molecule has 0 aromatic heterocycles. The van der Waals surface area contributed by atoms with Gasteiger partial charge < -0.3 is 0 Å². The van der Waals surface area contributed by atoms with Gasteiger partial charge in [-0.3, -0.25) is 4.79 Å². The van der Waals surface area contributed by atoms with E-state index < -0.39 is 24.2 Å². The first-order chi connectivity index (χ1) is 6.39. The lowest BCUT2D eigenvalue weighted by atomic mass is 10.1. The number of rotatable bonds is 2. The van der Waals surface area contributed by atoms with Crippen LogP contribution < -0.4 is 0 Å². The molecule has 0 radical (unpaired) electrons. The molecule has 0 saturated heterocycles. The van der Waals surface area contributed by atoms with Crippen LogP contribution >= 0.6 is 0 Å². The van der Waals surface area contributed by atoms with Crippen LogP contribution in [0.3, 0.4) is 0 Å². The maximum absolute atomic E-state index is 12.5. The van der Waals surface area contributed by atoms with Gasteiger partial charge >= 0.3 is 6.18 Å². The van der Waals surface area contributed by atoms with Crippen molar-refractivity contribution in [2.24, 2.45) is 0 Å². The number of benzene rings is 1. The number of ketones is 1. The van der Waals surface area contributed by atoms with Crippen molar-refractivity contribution < 1.29 is 22.4 Å². The lowest BCUT2D eigenvalue weighted by Crippen LogP contribution is -2.24. The third-order valence-electron chi connectivity index (χ3n) is 1.57. The molecule has 0 aliphatic heterocycles. The predicted octanol–water partition coefficient (Wildman–Crippen LogP) is 2.50. The average molecular weight is 206 g/mol. The van der Waals surface area contributed by atoms with Crippen LogP contribution in [0, 0.1) is 5.82 Å². The Morgan fingerprint density at radius 1 is 1.29 bits per heavy atom. The molecule has 5 heteroatoms. The Morgan fingerprint density at radius 2 is 1.93 bits per heavy atom. The number of halogens is 4. The minimum atomic E-state index is -4.85. The Bertz CT molecular complexity index is 343. The Balaban J connectivity index is 2.75. The molecule has 0 fully saturated rings. The standard InChI is InChI=1S/C9H6F4O/c10-7-3-1-2-6(4-7)5-8(14)9(11,12)13/h1-4H,5H2. The molecule has 14 heavy (non-hydrogen) atoms. The van der Waals surface area contributed by atoms with E-state index in [-0.39, 0.29) is 5.56 Å². The normalized spacial score (nSPS) is 11.4. The molecule has 0 spiro atoms. The van der Waals surface area contributed by atoms with Crippen LogP contribution in [0.5, 0.6) is 0 Å². The molecule has 0 amide bonds. The first-order valence-corrected chi connectivity index (χ1v) is 3.74. The summed E-state index contributed by atoms with van der Waals surface area (Å²) in [6, 6.07) is 4.53. The van der Waals surface area contributed by atoms with Gasteiger partial charge in [0, 0.05) is 6.42 Å². The molecule has 0 saturated carbocycles. The molecule has 0 N–H and O–H groups in total. The van der Waals surface area contributed by atoms with Crippen LogP contribution in [0.25, 0.3) is 0 Å². The average Bonchev–Trinajstić information content (AvgIpc) is 2.02. The van der Waals surface area contributed by atoms with Crippen LogP contribution in [0.1, 0.15) is 5.56 Å². The first-order valence-electron chi connectivity index (χ1n) is 3.74. The van der Waals surface area contributed by atoms with Gasteiger partial charge in [-0.1, -0.05) is 12.1 Å². The highest BCUT2D eigenvalue weighted by atomic mass is 19.4. The van der Waals surface area contributed by atoms with Crippen LogP contribution in [-0.4, -0.2) is 12.0 Å². The zero-order valence-electron chi connectivity index (χ0n) is 6.94. The van der Waals surface area contributed by atoms with Gasteiger partial charge in [0.1, 0.15) is 5.82 Å². The molecule has 0 heterocycles. The lowest BCUT2D eigenvalue weighted by molar-refractivity contribution is -0.170. The van der Waals surface area contributed by atoms with E-state index in [4.69, 9.17) is 0 Å². The number of carbonyl (C=O) groups is 1. The van der Waals surface area contributed by atoms with E-state index in [2.05, 4.69) is 0 Å². The molecule has 1 rings (SSSR count). The van der Waals surface area contributed by atoms with Crippen molar-refractivity contribution in [1.82, 2.24) is 0 Å². The van der Waals surface area contributed by atoms with E-state index in [1.807, 2.05) is 0 Å². The van der Waals surface area contributed by atoms with Crippen molar-refractivity contribution in [2.45, 2.75) is 12.6 Å². The van der Waals surface area contributed by atoms with Crippen LogP contribution in [0.15, 0.2) is 24.3 Å². The second-order valence-corrected chi connectivity index (χ2v) is 2.73. The van der Waals surface area contributed by atoms with E-state index in [0.29, 0.717) is 0 Å². The van der Waals surface area contributed by atoms with Crippen molar-refractivity contribution in [3.63, 3.8) is 0 Å². The molecule has 76 valence electrons. The molecule has 0 aliphatic carbocycles. The topological polar surface area (TPSA) is 17.1 Å². The number of hydrogen-bond acceptors (Lipinski definition) is 1. The Hall–Kier alpha value is -1.39. The SMILES string of the molecule is O=C(Cc1cccc(F)c1)C(F)(F)F. The third kappa shape index (κ3) is 2.83. The maximum atomic E-state index is 12.5. The van der Waals surface area contributed by atoms with E-state index >= 15 is 0 Å². The molecule has 1 aromatic carbocycles. The zero-order valence-corrected chi connectivity index (χ0v) is 6.94. The van der Waals surface area contributed by atoms with E-state index in [0.717, 1.165) is 12.1 Å². The van der Waals surface area contributed by atoms with Crippen molar-refractivity contribution in [3.8, 4) is 0 Å². The molecule has 1 aromatic rings. The molecule has 1 nitrogen and oxygen atoms in total. The minimum Gasteiger partial charge on any atom is -0.289 e. The van der Waals surface area contributed by atoms with Crippen molar-refractivity contribution in [2.75, 3.05) is 0 Å². The van der Waals surface area contributed by atoms with Gasteiger partial charge in [0.25, 0.3) is 0 Å². The summed E-state index contributed by atoms with van der Waals surface area (Å²) in [4.78, 5) is 10.5. The van der Waals surface area contributed by atoms with Crippen LogP contribution in [-0.2, 0) is 11.2 Å². The fourth-order valence-electron chi connectivity index (χ4n) is 0.933. The zero-order chi connectivity index (χ0) is 10.8. The number of hydrogen-bond donors (Lipinski definition) is 0. The highest BCUT2D eigenvalue weighted by Gasteiger charge is 2.37. The van der Waals surface area contributed by atoms with E-state index in [9.17, 15) is 22.4 Å². The summed E-state index contributed by atoms with van der Waals surface area (Å²) in [6.45, 7) is 0. The van der Waals surface area contributed by atoms with Gasteiger partial charge in [-0.15, -0.1) is 0 Å². The van der Waals surface area contributed by atoms with Gasteiger partial charge in [-0.2, -0.15) is 13.2 Å². The summed E-state index contributed by atoms with van der Waals surface area (Å²) >= 11 is 0. The Labute approximate surface area is 77.3 Å². The first kappa shape index (κ1) is 10.7. The smallest absolute Gasteiger partial charge is 0.289 e. The van der Waals surface area contributed by atoms with Crippen LogP contribution in [0.4, 0.5) is 17.6 Å². The summed E-state index contributed by atoms with van der Waals surface area (Å²) in [5.41, 5.74) is 0.0207. The highest BCUT2D eigenvalue weighted by Crippen LogP contribution is 2.18. The summed E-state index contributed by atoms with van der Waals surface area (Å²) in [7, 11) is 0.